The second-order valence-electron chi connectivity index (χ2n) is 4.81. The highest BCUT2D eigenvalue weighted by Gasteiger charge is 2.14. The van der Waals surface area contributed by atoms with Gasteiger partial charge in [0.2, 0.25) is 0 Å². The summed E-state index contributed by atoms with van der Waals surface area (Å²) in [6.07, 6.45) is 0.876. The first-order valence-corrected chi connectivity index (χ1v) is 5.95. The Kier molecular flexibility index (Phi) is 7.14. The van der Waals surface area contributed by atoms with Crippen LogP contribution < -0.4 is 5.32 Å². The summed E-state index contributed by atoms with van der Waals surface area (Å²) in [6, 6.07) is 5.80. The summed E-state index contributed by atoms with van der Waals surface area (Å²) < 4.78 is 0. The van der Waals surface area contributed by atoms with E-state index in [1.165, 1.54) is 18.2 Å². The number of nitrogens with one attached hydrogen (secondary N) is 1. The van der Waals surface area contributed by atoms with E-state index in [4.69, 9.17) is 0 Å². The number of benzene rings is 1. The minimum Gasteiger partial charge on any atom is -0.350 e. The first-order chi connectivity index (χ1) is 8.40. The van der Waals surface area contributed by atoms with E-state index in [9.17, 15) is 14.9 Å². The Bertz CT molecular complexity index is 449. The fourth-order valence-electron chi connectivity index (χ4n) is 1.83. The van der Waals surface area contributed by atoms with Crippen LogP contribution in [0.4, 0.5) is 5.69 Å². The Balaban J connectivity index is 0.00000324. The van der Waals surface area contributed by atoms with Crippen LogP contribution in [0.15, 0.2) is 24.3 Å². The molecular formula is C13H20N2O3S. The van der Waals surface area contributed by atoms with E-state index in [-0.39, 0.29) is 31.1 Å². The summed E-state index contributed by atoms with van der Waals surface area (Å²) in [5, 5.41) is 13.4. The van der Waals surface area contributed by atoms with Gasteiger partial charge in [-0.2, -0.15) is 13.5 Å². The van der Waals surface area contributed by atoms with E-state index in [1.807, 2.05) is 6.92 Å². The predicted molar refractivity (Wildman–Crippen MR) is 79.9 cm³/mol. The minimum absolute atomic E-state index is 0. The predicted octanol–water partition coefficient (Wildman–Crippen LogP) is 2.87. The number of hydrogen-bond acceptors (Lipinski definition) is 3. The Labute approximate surface area is 120 Å². The highest BCUT2D eigenvalue weighted by molar-refractivity contribution is 7.59. The van der Waals surface area contributed by atoms with Gasteiger partial charge in [0.05, 0.1) is 4.92 Å². The number of amides is 1. The first kappa shape index (κ1) is 17.4. The topological polar surface area (TPSA) is 72.2 Å². The fraction of sp³-hybridized carbons (Fsp3) is 0.462. The van der Waals surface area contributed by atoms with Gasteiger partial charge in [0.15, 0.2) is 0 Å². The molecular weight excluding hydrogens is 264 g/mol. The molecule has 6 heteroatoms. The average Bonchev–Trinajstić information content (AvgIpc) is 2.27. The van der Waals surface area contributed by atoms with Crippen molar-refractivity contribution in [2.24, 2.45) is 5.92 Å². The second-order valence-corrected chi connectivity index (χ2v) is 4.81. The summed E-state index contributed by atoms with van der Waals surface area (Å²) in [6.45, 7) is 6.08. The molecule has 1 amide bonds. The lowest BCUT2D eigenvalue weighted by Gasteiger charge is -2.15. The molecule has 1 aromatic carbocycles. The van der Waals surface area contributed by atoms with Gasteiger partial charge < -0.3 is 5.32 Å². The Hall–Kier alpha value is -1.56. The lowest BCUT2D eigenvalue weighted by molar-refractivity contribution is -0.384. The SMILES string of the molecule is CC(C)C[C@H](C)NC(=O)c1cccc([N+](=O)[O-])c1.S. The zero-order valence-electron chi connectivity index (χ0n) is 11.3. The summed E-state index contributed by atoms with van der Waals surface area (Å²) in [4.78, 5) is 22.0. The molecule has 0 heterocycles. The smallest absolute Gasteiger partial charge is 0.270 e. The molecule has 1 aromatic rings. The zero-order chi connectivity index (χ0) is 13.7. The molecule has 5 nitrogen and oxygen atoms in total. The van der Waals surface area contributed by atoms with Gasteiger partial charge in [0, 0.05) is 23.7 Å². The number of carbonyl (C=O) groups is 1. The number of hydrogen-bond donors (Lipinski definition) is 1. The number of carbonyl (C=O) groups excluding carboxylic acids is 1. The van der Waals surface area contributed by atoms with Crippen LogP contribution in [0.2, 0.25) is 0 Å². The van der Waals surface area contributed by atoms with Crippen molar-refractivity contribution in [3.05, 3.63) is 39.9 Å². The van der Waals surface area contributed by atoms with E-state index in [2.05, 4.69) is 19.2 Å². The van der Waals surface area contributed by atoms with Gasteiger partial charge in [-0.05, 0) is 25.3 Å². The molecule has 0 aliphatic carbocycles. The van der Waals surface area contributed by atoms with Gasteiger partial charge in [-0.1, -0.05) is 19.9 Å². The van der Waals surface area contributed by atoms with Gasteiger partial charge in [0.1, 0.15) is 0 Å². The van der Waals surface area contributed by atoms with Crippen LogP contribution in [0, 0.1) is 16.0 Å². The summed E-state index contributed by atoms with van der Waals surface area (Å²) in [7, 11) is 0. The van der Waals surface area contributed by atoms with Crippen molar-refractivity contribution in [2.75, 3.05) is 0 Å². The van der Waals surface area contributed by atoms with E-state index in [1.54, 1.807) is 6.07 Å². The molecule has 0 radical (unpaired) electrons. The van der Waals surface area contributed by atoms with Crippen molar-refractivity contribution in [3.63, 3.8) is 0 Å². The molecule has 1 atom stereocenters. The van der Waals surface area contributed by atoms with E-state index in [0.29, 0.717) is 11.5 Å². The van der Waals surface area contributed by atoms with Crippen LogP contribution in [0.5, 0.6) is 0 Å². The van der Waals surface area contributed by atoms with Gasteiger partial charge in [0.25, 0.3) is 11.6 Å². The quantitative estimate of drug-likeness (QED) is 0.667. The Morgan fingerprint density at radius 3 is 2.53 bits per heavy atom. The van der Waals surface area contributed by atoms with E-state index in [0.717, 1.165) is 6.42 Å². The van der Waals surface area contributed by atoms with Crippen LogP contribution in [-0.4, -0.2) is 16.9 Å². The molecule has 0 saturated heterocycles. The monoisotopic (exact) mass is 284 g/mol. The third-order valence-corrected chi connectivity index (χ3v) is 2.52. The van der Waals surface area contributed by atoms with Crippen LogP contribution in [0.25, 0.3) is 0 Å². The zero-order valence-corrected chi connectivity index (χ0v) is 12.3. The van der Waals surface area contributed by atoms with Crippen LogP contribution in [0.1, 0.15) is 37.6 Å². The Morgan fingerprint density at radius 2 is 2.00 bits per heavy atom. The van der Waals surface area contributed by atoms with Gasteiger partial charge >= 0.3 is 0 Å². The van der Waals surface area contributed by atoms with Crippen molar-refractivity contribution in [1.29, 1.82) is 0 Å². The molecule has 0 saturated carbocycles. The number of nitro groups is 1. The number of nitro benzene ring substituents is 1. The summed E-state index contributed by atoms with van der Waals surface area (Å²) in [5.41, 5.74) is 0.249. The number of nitrogens with zero attached hydrogens (tertiary/aromatic N) is 1. The maximum Gasteiger partial charge on any atom is 0.270 e. The summed E-state index contributed by atoms with van der Waals surface area (Å²) >= 11 is 0. The van der Waals surface area contributed by atoms with Crippen molar-refractivity contribution in [1.82, 2.24) is 5.32 Å². The van der Waals surface area contributed by atoms with Crippen molar-refractivity contribution in [2.45, 2.75) is 33.2 Å². The number of rotatable bonds is 5. The molecule has 1 rings (SSSR count). The van der Waals surface area contributed by atoms with Crippen LogP contribution in [-0.2, 0) is 0 Å². The normalized spacial score (nSPS) is 11.6. The van der Waals surface area contributed by atoms with Gasteiger partial charge in [-0.3, -0.25) is 14.9 Å². The summed E-state index contributed by atoms with van der Waals surface area (Å²) in [5.74, 6) is 0.220. The maximum atomic E-state index is 11.9. The first-order valence-electron chi connectivity index (χ1n) is 5.95. The minimum atomic E-state index is -0.506. The lowest BCUT2D eigenvalue weighted by atomic mass is 10.0. The molecule has 0 spiro atoms. The Morgan fingerprint density at radius 1 is 1.37 bits per heavy atom. The maximum absolute atomic E-state index is 11.9. The van der Waals surface area contributed by atoms with E-state index < -0.39 is 4.92 Å². The highest BCUT2D eigenvalue weighted by Crippen LogP contribution is 2.13. The molecule has 1 N–H and O–H groups in total. The van der Waals surface area contributed by atoms with Gasteiger partial charge in [-0.25, -0.2) is 0 Å². The second kappa shape index (κ2) is 7.78. The van der Waals surface area contributed by atoms with Crippen molar-refractivity contribution in [3.8, 4) is 0 Å². The third-order valence-electron chi connectivity index (χ3n) is 2.52. The third kappa shape index (κ3) is 5.74. The van der Waals surface area contributed by atoms with E-state index >= 15 is 0 Å². The molecule has 0 aliphatic heterocycles. The van der Waals surface area contributed by atoms with Gasteiger partial charge in [-0.15, -0.1) is 0 Å². The van der Waals surface area contributed by atoms with Crippen molar-refractivity contribution < 1.29 is 9.72 Å². The largest absolute Gasteiger partial charge is 0.350 e. The average molecular weight is 284 g/mol. The molecule has 0 aliphatic rings. The molecule has 0 bridgehead atoms. The molecule has 0 fully saturated rings. The molecule has 19 heavy (non-hydrogen) atoms. The van der Waals surface area contributed by atoms with Crippen LogP contribution in [0.3, 0.4) is 0 Å². The van der Waals surface area contributed by atoms with Crippen LogP contribution >= 0.6 is 13.5 Å². The highest BCUT2D eigenvalue weighted by atomic mass is 32.1. The van der Waals surface area contributed by atoms with Crippen molar-refractivity contribution >= 4 is 25.1 Å². The standard InChI is InChI=1S/C13H18N2O3.H2S/c1-9(2)7-10(3)14-13(16)11-5-4-6-12(8-11)15(17)18;/h4-6,8-10H,7H2,1-3H3,(H,14,16);1H2/t10-;/m0./s1. The molecule has 0 unspecified atom stereocenters. The lowest BCUT2D eigenvalue weighted by Crippen LogP contribution is -2.33. The number of non-ortho nitro benzene ring substituents is 1. The fourth-order valence-corrected chi connectivity index (χ4v) is 1.83. The molecule has 0 aromatic heterocycles. The molecule has 106 valence electrons.